The predicted molar refractivity (Wildman–Crippen MR) is 60.7 cm³/mol. The van der Waals surface area contributed by atoms with Gasteiger partial charge in [-0.1, -0.05) is 20.8 Å². The predicted octanol–water partition coefficient (Wildman–Crippen LogP) is 0.860. The van der Waals surface area contributed by atoms with Crippen LogP contribution in [0.5, 0.6) is 0 Å². The molecule has 15 heavy (non-hydrogen) atoms. The van der Waals surface area contributed by atoms with E-state index < -0.39 is 0 Å². The normalized spacial score (nSPS) is 10.4. The average molecular weight is 214 g/mol. The van der Waals surface area contributed by atoms with Gasteiger partial charge in [-0.2, -0.15) is 0 Å². The summed E-state index contributed by atoms with van der Waals surface area (Å²) in [5, 5.41) is 5.88. The molecule has 0 aliphatic heterocycles. The summed E-state index contributed by atoms with van der Waals surface area (Å²) in [7, 11) is 0. The molecule has 0 atom stereocenters. The molecule has 0 rings (SSSR count). The van der Waals surface area contributed by atoms with Gasteiger partial charge in [-0.3, -0.25) is 9.59 Å². The van der Waals surface area contributed by atoms with Crippen LogP contribution in [0.2, 0.25) is 0 Å². The molecule has 0 fully saturated rings. The number of rotatable bonds is 8. The van der Waals surface area contributed by atoms with Gasteiger partial charge >= 0.3 is 0 Å². The maximum absolute atomic E-state index is 11.2. The molecule has 0 saturated heterocycles. The first-order valence-electron chi connectivity index (χ1n) is 5.58. The van der Waals surface area contributed by atoms with E-state index in [2.05, 4.69) is 10.6 Å². The molecule has 0 aromatic heterocycles. The van der Waals surface area contributed by atoms with Crippen molar-refractivity contribution in [3.05, 3.63) is 0 Å². The quantitative estimate of drug-likeness (QED) is 0.630. The lowest BCUT2D eigenvalue weighted by Gasteiger charge is -2.08. The Morgan fingerprint density at radius 2 is 1.80 bits per heavy atom. The number of ketones is 1. The van der Waals surface area contributed by atoms with Crippen molar-refractivity contribution in [2.24, 2.45) is 0 Å². The van der Waals surface area contributed by atoms with Crippen LogP contribution in [0.3, 0.4) is 0 Å². The second kappa shape index (κ2) is 8.41. The lowest BCUT2D eigenvalue weighted by Crippen LogP contribution is -2.31. The summed E-state index contributed by atoms with van der Waals surface area (Å²) in [6, 6.07) is 0.402. The Balaban J connectivity index is 3.37. The van der Waals surface area contributed by atoms with Crippen LogP contribution in [0.4, 0.5) is 0 Å². The second-order valence-corrected chi connectivity index (χ2v) is 3.85. The highest BCUT2D eigenvalue weighted by atomic mass is 16.1. The number of hydrogen-bond donors (Lipinski definition) is 2. The van der Waals surface area contributed by atoms with Gasteiger partial charge in [0.15, 0.2) is 0 Å². The Labute approximate surface area is 91.8 Å². The molecule has 0 aliphatic rings. The molecule has 4 heteroatoms. The molecule has 88 valence electrons. The third kappa shape index (κ3) is 9.41. The molecular formula is C11H22N2O2. The standard InChI is InChI=1S/C11H22N2O2/c1-4-10(14)5-7-13-11(15)6-8-12-9(2)3/h9,12H,4-8H2,1-3H3,(H,13,15). The summed E-state index contributed by atoms with van der Waals surface area (Å²) in [5.74, 6) is 0.197. The fourth-order valence-corrected chi connectivity index (χ4v) is 1.08. The van der Waals surface area contributed by atoms with E-state index >= 15 is 0 Å². The lowest BCUT2D eigenvalue weighted by molar-refractivity contribution is -0.121. The topological polar surface area (TPSA) is 58.2 Å². The molecule has 0 spiro atoms. The van der Waals surface area contributed by atoms with E-state index in [1.54, 1.807) is 0 Å². The van der Waals surface area contributed by atoms with Crippen molar-refractivity contribution < 1.29 is 9.59 Å². The van der Waals surface area contributed by atoms with Gasteiger partial charge in [0.2, 0.25) is 5.91 Å². The van der Waals surface area contributed by atoms with Crippen molar-refractivity contribution in [2.45, 2.75) is 46.1 Å². The SMILES string of the molecule is CCC(=O)CCNC(=O)CCNC(C)C. The molecule has 2 N–H and O–H groups in total. The second-order valence-electron chi connectivity index (χ2n) is 3.85. The molecule has 0 heterocycles. The van der Waals surface area contributed by atoms with Crippen LogP contribution in [0.25, 0.3) is 0 Å². The molecule has 1 amide bonds. The van der Waals surface area contributed by atoms with Crippen LogP contribution < -0.4 is 10.6 Å². The lowest BCUT2D eigenvalue weighted by atomic mass is 10.2. The molecule has 0 aromatic rings. The van der Waals surface area contributed by atoms with Gasteiger partial charge < -0.3 is 10.6 Å². The zero-order valence-corrected chi connectivity index (χ0v) is 9.93. The minimum atomic E-state index is 0.00653. The number of Topliss-reactive ketones (excluding diaryl/α,β-unsaturated/α-hetero) is 1. The number of amides is 1. The van der Waals surface area contributed by atoms with E-state index in [4.69, 9.17) is 0 Å². The smallest absolute Gasteiger partial charge is 0.221 e. The summed E-state index contributed by atoms with van der Waals surface area (Å²) in [6.07, 6.45) is 1.46. The van der Waals surface area contributed by atoms with Crippen LogP contribution >= 0.6 is 0 Å². The van der Waals surface area contributed by atoms with Crippen molar-refractivity contribution >= 4 is 11.7 Å². The Kier molecular flexibility index (Phi) is 7.91. The van der Waals surface area contributed by atoms with E-state index in [0.717, 1.165) is 0 Å². The summed E-state index contributed by atoms with van der Waals surface area (Å²) >= 11 is 0. The molecule has 0 unspecified atom stereocenters. The zero-order chi connectivity index (χ0) is 11.7. The first-order chi connectivity index (χ1) is 7.06. The Hall–Kier alpha value is -0.900. The van der Waals surface area contributed by atoms with Crippen molar-refractivity contribution in [2.75, 3.05) is 13.1 Å². The first kappa shape index (κ1) is 14.1. The highest BCUT2D eigenvalue weighted by molar-refractivity contribution is 5.80. The minimum absolute atomic E-state index is 0.00653. The van der Waals surface area contributed by atoms with E-state index in [0.29, 0.717) is 38.4 Å². The van der Waals surface area contributed by atoms with Gasteiger partial charge in [-0.25, -0.2) is 0 Å². The maximum atomic E-state index is 11.2. The van der Waals surface area contributed by atoms with Crippen molar-refractivity contribution in [1.82, 2.24) is 10.6 Å². The molecule has 0 saturated carbocycles. The number of hydrogen-bond acceptors (Lipinski definition) is 3. The van der Waals surface area contributed by atoms with E-state index in [9.17, 15) is 9.59 Å². The molecule has 4 nitrogen and oxygen atoms in total. The summed E-state index contributed by atoms with van der Waals surface area (Å²) < 4.78 is 0. The highest BCUT2D eigenvalue weighted by Crippen LogP contribution is 1.87. The van der Waals surface area contributed by atoms with Crippen LogP contribution in [-0.2, 0) is 9.59 Å². The first-order valence-corrected chi connectivity index (χ1v) is 5.58. The van der Waals surface area contributed by atoms with Crippen molar-refractivity contribution in [3.8, 4) is 0 Å². The summed E-state index contributed by atoms with van der Waals surface area (Å²) in [5.41, 5.74) is 0. The van der Waals surface area contributed by atoms with Crippen LogP contribution in [0.15, 0.2) is 0 Å². The largest absolute Gasteiger partial charge is 0.356 e. The van der Waals surface area contributed by atoms with Gasteiger partial charge in [0, 0.05) is 38.4 Å². The number of nitrogens with one attached hydrogen (secondary N) is 2. The highest BCUT2D eigenvalue weighted by Gasteiger charge is 2.02. The fourth-order valence-electron chi connectivity index (χ4n) is 1.08. The fraction of sp³-hybridized carbons (Fsp3) is 0.818. The molecule has 0 bridgehead atoms. The van der Waals surface area contributed by atoms with E-state index in [-0.39, 0.29) is 11.7 Å². The Morgan fingerprint density at radius 3 is 2.33 bits per heavy atom. The van der Waals surface area contributed by atoms with Crippen LogP contribution in [0, 0.1) is 0 Å². The zero-order valence-electron chi connectivity index (χ0n) is 9.93. The number of carbonyl (C=O) groups excluding carboxylic acids is 2. The van der Waals surface area contributed by atoms with Crippen LogP contribution in [-0.4, -0.2) is 30.8 Å². The molecule has 0 aliphatic carbocycles. The third-order valence-electron chi connectivity index (χ3n) is 2.02. The van der Waals surface area contributed by atoms with Crippen molar-refractivity contribution in [1.29, 1.82) is 0 Å². The van der Waals surface area contributed by atoms with E-state index in [1.165, 1.54) is 0 Å². The maximum Gasteiger partial charge on any atom is 0.221 e. The average Bonchev–Trinajstić information content (AvgIpc) is 2.17. The summed E-state index contributed by atoms with van der Waals surface area (Å²) in [6.45, 7) is 7.06. The van der Waals surface area contributed by atoms with Gasteiger partial charge in [-0.15, -0.1) is 0 Å². The van der Waals surface area contributed by atoms with Crippen LogP contribution in [0.1, 0.15) is 40.0 Å². The van der Waals surface area contributed by atoms with E-state index in [1.807, 2.05) is 20.8 Å². The molecule has 0 aromatic carbocycles. The van der Waals surface area contributed by atoms with Gasteiger partial charge in [0.1, 0.15) is 5.78 Å². The number of carbonyl (C=O) groups is 2. The van der Waals surface area contributed by atoms with Gasteiger partial charge in [0.05, 0.1) is 0 Å². The Bertz CT molecular complexity index is 203. The monoisotopic (exact) mass is 214 g/mol. The molecule has 0 radical (unpaired) electrons. The summed E-state index contributed by atoms with van der Waals surface area (Å²) in [4.78, 5) is 22.2. The van der Waals surface area contributed by atoms with Gasteiger partial charge in [-0.05, 0) is 0 Å². The Morgan fingerprint density at radius 1 is 1.13 bits per heavy atom. The van der Waals surface area contributed by atoms with Crippen molar-refractivity contribution in [3.63, 3.8) is 0 Å². The minimum Gasteiger partial charge on any atom is -0.356 e. The third-order valence-corrected chi connectivity index (χ3v) is 2.02. The molecular weight excluding hydrogens is 192 g/mol. The van der Waals surface area contributed by atoms with Gasteiger partial charge in [0.25, 0.3) is 0 Å².